The van der Waals surface area contributed by atoms with E-state index in [0.29, 0.717) is 16.5 Å². The van der Waals surface area contributed by atoms with E-state index < -0.39 is 5.82 Å². The van der Waals surface area contributed by atoms with Crippen molar-refractivity contribution in [2.75, 3.05) is 5.73 Å². The highest BCUT2D eigenvalue weighted by atomic mass is 35.5. The van der Waals surface area contributed by atoms with Crippen molar-refractivity contribution in [3.63, 3.8) is 0 Å². The second-order valence-corrected chi connectivity index (χ2v) is 4.56. The minimum absolute atomic E-state index is 0.0696. The molecule has 0 spiro atoms. The molecular weight excluding hydrogens is 276 g/mol. The minimum Gasteiger partial charge on any atom is -0.487 e. The molecule has 0 amide bonds. The van der Waals surface area contributed by atoms with Crippen molar-refractivity contribution in [1.82, 2.24) is 0 Å². The van der Waals surface area contributed by atoms with Crippen LogP contribution in [0.15, 0.2) is 36.4 Å². The third kappa shape index (κ3) is 3.06. The fourth-order valence-corrected chi connectivity index (χ4v) is 1.82. The van der Waals surface area contributed by atoms with E-state index in [2.05, 4.69) is 0 Å². The fraction of sp³-hybridized carbons (Fsp3) is 0.0769. The fourth-order valence-electron chi connectivity index (χ4n) is 1.44. The summed E-state index contributed by atoms with van der Waals surface area (Å²) in [6, 6.07) is 9.39. The molecule has 2 aromatic rings. The van der Waals surface area contributed by atoms with Gasteiger partial charge in [-0.25, -0.2) is 4.39 Å². The molecule has 2 aromatic carbocycles. The van der Waals surface area contributed by atoms with E-state index in [-0.39, 0.29) is 11.6 Å². The summed E-state index contributed by atoms with van der Waals surface area (Å²) in [5.74, 6) is 0.0753. The number of hydrogen-bond donors (Lipinski definition) is 1. The standard InChI is InChI=1S/C13H10Cl2FNO/c14-9-2-4-13(12(17)6-9)18-7-8-1-3-11(16)10(15)5-8/h1-6H,7,17H2. The highest BCUT2D eigenvalue weighted by molar-refractivity contribution is 6.31. The molecule has 0 aliphatic carbocycles. The van der Waals surface area contributed by atoms with Gasteiger partial charge in [-0.3, -0.25) is 0 Å². The summed E-state index contributed by atoms with van der Waals surface area (Å²) < 4.78 is 18.5. The predicted octanol–water partition coefficient (Wildman–Crippen LogP) is 4.29. The molecule has 0 aromatic heterocycles. The lowest BCUT2D eigenvalue weighted by molar-refractivity contribution is 0.308. The number of benzene rings is 2. The lowest BCUT2D eigenvalue weighted by Crippen LogP contribution is -1.99. The number of hydrogen-bond acceptors (Lipinski definition) is 2. The van der Waals surface area contributed by atoms with Crippen LogP contribution in [-0.2, 0) is 6.61 Å². The Kier molecular flexibility index (Phi) is 3.94. The Morgan fingerprint density at radius 1 is 1.11 bits per heavy atom. The van der Waals surface area contributed by atoms with Gasteiger partial charge in [-0.05, 0) is 35.9 Å². The van der Waals surface area contributed by atoms with E-state index >= 15 is 0 Å². The van der Waals surface area contributed by atoms with E-state index in [9.17, 15) is 4.39 Å². The Morgan fingerprint density at radius 3 is 2.56 bits per heavy atom. The molecule has 5 heteroatoms. The maximum absolute atomic E-state index is 13.0. The van der Waals surface area contributed by atoms with Gasteiger partial charge in [0.1, 0.15) is 18.2 Å². The topological polar surface area (TPSA) is 35.2 Å². The molecule has 2 N–H and O–H groups in total. The Hall–Kier alpha value is -1.45. The van der Waals surface area contributed by atoms with Crippen LogP contribution in [-0.4, -0.2) is 0 Å². The van der Waals surface area contributed by atoms with Gasteiger partial charge in [0, 0.05) is 5.02 Å². The quantitative estimate of drug-likeness (QED) is 0.854. The van der Waals surface area contributed by atoms with Gasteiger partial charge in [-0.15, -0.1) is 0 Å². The first-order valence-corrected chi connectivity index (χ1v) is 5.93. The van der Waals surface area contributed by atoms with E-state index in [4.69, 9.17) is 33.7 Å². The van der Waals surface area contributed by atoms with Crippen LogP contribution in [0.4, 0.5) is 10.1 Å². The zero-order valence-corrected chi connectivity index (χ0v) is 10.8. The van der Waals surface area contributed by atoms with Crippen molar-refractivity contribution in [3.05, 3.63) is 57.8 Å². The highest BCUT2D eigenvalue weighted by Crippen LogP contribution is 2.26. The van der Waals surface area contributed by atoms with Crippen LogP contribution in [0.5, 0.6) is 5.75 Å². The summed E-state index contributed by atoms with van der Waals surface area (Å²) in [6.45, 7) is 0.256. The first-order chi connectivity index (χ1) is 8.56. The zero-order chi connectivity index (χ0) is 13.1. The number of anilines is 1. The molecule has 2 rings (SSSR count). The summed E-state index contributed by atoms with van der Waals surface area (Å²) in [4.78, 5) is 0. The zero-order valence-electron chi connectivity index (χ0n) is 9.29. The number of rotatable bonds is 3. The van der Waals surface area contributed by atoms with Gasteiger partial charge in [0.25, 0.3) is 0 Å². The average Bonchev–Trinajstić information content (AvgIpc) is 2.32. The first kappa shape index (κ1) is 13.0. The summed E-state index contributed by atoms with van der Waals surface area (Å²) >= 11 is 11.5. The summed E-state index contributed by atoms with van der Waals surface area (Å²) in [5.41, 5.74) is 6.96. The van der Waals surface area contributed by atoms with Crippen LogP contribution >= 0.6 is 23.2 Å². The van der Waals surface area contributed by atoms with Crippen molar-refractivity contribution in [2.24, 2.45) is 0 Å². The van der Waals surface area contributed by atoms with E-state index in [0.717, 1.165) is 5.56 Å². The van der Waals surface area contributed by atoms with Gasteiger partial charge < -0.3 is 10.5 Å². The lowest BCUT2D eigenvalue weighted by atomic mass is 10.2. The number of halogens is 3. The molecule has 0 saturated carbocycles. The predicted molar refractivity (Wildman–Crippen MR) is 71.6 cm³/mol. The largest absolute Gasteiger partial charge is 0.487 e. The van der Waals surface area contributed by atoms with Crippen molar-refractivity contribution in [3.8, 4) is 5.75 Å². The van der Waals surface area contributed by atoms with Gasteiger partial charge in [-0.2, -0.15) is 0 Å². The summed E-state index contributed by atoms with van der Waals surface area (Å²) in [6.07, 6.45) is 0. The molecule has 18 heavy (non-hydrogen) atoms. The average molecular weight is 286 g/mol. The molecule has 0 aliphatic rings. The number of nitrogen functional groups attached to an aromatic ring is 1. The Labute approximate surface area is 114 Å². The Balaban J connectivity index is 2.09. The smallest absolute Gasteiger partial charge is 0.142 e. The molecule has 0 atom stereocenters. The van der Waals surface area contributed by atoms with E-state index in [1.807, 2.05) is 0 Å². The monoisotopic (exact) mass is 285 g/mol. The van der Waals surface area contributed by atoms with E-state index in [1.54, 1.807) is 24.3 Å². The van der Waals surface area contributed by atoms with Crippen molar-refractivity contribution in [2.45, 2.75) is 6.61 Å². The molecule has 0 saturated heterocycles. The van der Waals surface area contributed by atoms with Crippen LogP contribution in [0.2, 0.25) is 10.0 Å². The molecule has 0 fully saturated rings. The van der Waals surface area contributed by atoms with Gasteiger partial charge in [0.15, 0.2) is 0 Å². The van der Waals surface area contributed by atoms with Crippen LogP contribution in [0.25, 0.3) is 0 Å². The number of ether oxygens (including phenoxy) is 1. The molecule has 0 radical (unpaired) electrons. The van der Waals surface area contributed by atoms with Crippen molar-refractivity contribution < 1.29 is 9.13 Å². The third-order valence-corrected chi connectivity index (χ3v) is 2.87. The molecule has 0 aliphatic heterocycles. The van der Waals surface area contributed by atoms with E-state index in [1.165, 1.54) is 12.1 Å². The maximum atomic E-state index is 13.0. The van der Waals surface area contributed by atoms with Gasteiger partial charge >= 0.3 is 0 Å². The Bertz CT molecular complexity index is 575. The summed E-state index contributed by atoms with van der Waals surface area (Å²) in [5, 5.41) is 0.616. The first-order valence-electron chi connectivity index (χ1n) is 5.18. The number of nitrogens with two attached hydrogens (primary N) is 1. The van der Waals surface area contributed by atoms with Crippen molar-refractivity contribution >= 4 is 28.9 Å². The molecule has 0 unspecified atom stereocenters. The second-order valence-electron chi connectivity index (χ2n) is 3.72. The third-order valence-electron chi connectivity index (χ3n) is 2.35. The molecule has 2 nitrogen and oxygen atoms in total. The highest BCUT2D eigenvalue weighted by Gasteiger charge is 2.04. The normalized spacial score (nSPS) is 10.4. The Morgan fingerprint density at radius 2 is 1.89 bits per heavy atom. The lowest BCUT2D eigenvalue weighted by Gasteiger charge is -2.09. The molecular formula is C13H10Cl2FNO. The van der Waals surface area contributed by atoms with Crippen LogP contribution in [0.3, 0.4) is 0 Å². The van der Waals surface area contributed by atoms with Crippen molar-refractivity contribution in [1.29, 1.82) is 0 Å². The van der Waals surface area contributed by atoms with Gasteiger partial charge in [0.2, 0.25) is 0 Å². The second kappa shape index (κ2) is 5.46. The summed E-state index contributed by atoms with van der Waals surface area (Å²) in [7, 11) is 0. The SMILES string of the molecule is Nc1cc(Cl)ccc1OCc1ccc(F)c(Cl)c1. The molecule has 0 heterocycles. The molecule has 94 valence electrons. The van der Waals surface area contributed by atoms with Crippen LogP contribution in [0, 0.1) is 5.82 Å². The minimum atomic E-state index is -0.452. The van der Waals surface area contributed by atoms with Crippen LogP contribution in [0.1, 0.15) is 5.56 Å². The van der Waals surface area contributed by atoms with Crippen LogP contribution < -0.4 is 10.5 Å². The molecule has 0 bridgehead atoms. The maximum Gasteiger partial charge on any atom is 0.142 e. The van der Waals surface area contributed by atoms with Gasteiger partial charge in [-0.1, -0.05) is 29.3 Å². The van der Waals surface area contributed by atoms with Gasteiger partial charge in [0.05, 0.1) is 10.7 Å².